The van der Waals surface area contributed by atoms with Gasteiger partial charge in [-0.1, -0.05) is 23.7 Å². The van der Waals surface area contributed by atoms with Crippen LogP contribution in [0.1, 0.15) is 11.1 Å². The van der Waals surface area contributed by atoms with Crippen molar-refractivity contribution in [2.24, 2.45) is 0 Å². The Labute approximate surface area is 121 Å². The van der Waals surface area contributed by atoms with Crippen molar-refractivity contribution >= 4 is 17.3 Å². The molecule has 5 heteroatoms. The molecule has 0 fully saturated rings. The smallest absolute Gasteiger partial charge is 0.147 e. The first-order chi connectivity index (χ1) is 9.65. The maximum Gasteiger partial charge on any atom is 0.147 e. The quantitative estimate of drug-likeness (QED) is 0.926. The van der Waals surface area contributed by atoms with Crippen LogP contribution in [0.25, 0.3) is 0 Å². The normalized spacial score (nSPS) is 9.90. The Balaban J connectivity index is 2.18. The van der Waals surface area contributed by atoms with Crippen LogP contribution in [-0.2, 0) is 6.54 Å². The van der Waals surface area contributed by atoms with Gasteiger partial charge in [-0.25, -0.2) is 4.39 Å². The monoisotopic (exact) mass is 290 g/mol. The zero-order valence-corrected chi connectivity index (χ0v) is 11.5. The third kappa shape index (κ3) is 3.01. The second-order valence-corrected chi connectivity index (χ2v) is 4.50. The Kier molecular flexibility index (Phi) is 4.44. The third-order valence-electron chi connectivity index (χ3n) is 2.82. The summed E-state index contributed by atoms with van der Waals surface area (Å²) < 4.78 is 18.7. The van der Waals surface area contributed by atoms with Crippen molar-refractivity contribution in [1.29, 1.82) is 5.26 Å². The highest BCUT2D eigenvalue weighted by Gasteiger charge is 2.07. The summed E-state index contributed by atoms with van der Waals surface area (Å²) in [6.45, 7) is 0.378. The number of hydrogen-bond acceptors (Lipinski definition) is 3. The maximum absolute atomic E-state index is 13.6. The highest BCUT2D eigenvalue weighted by atomic mass is 35.5. The standard InChI is InChI=1S/C15H12ClFN2O/c1-20-14-7-10(5-6-11(14)8-18)9-19-15-12(16)3-2-4-13(15)17/h2-7,19H,9H2,1H3. The molecule has 102 valence electrons. The van der Waals surface area contributed by atoms with Crippen LogP contribution >= 0.6 is 11.6 Å². The topological polar surface area (TPSA) is 45.0 Å². The van der Waals surface area contributed by atoms with E-state index < -0.39 is 5.82 Å². The molecule has 0 unspecified atom stereocenters. The van der Waals surface area contributed by atoms with E-state index in [1.165, 1.54) is 13.2 Å². The molecule has 0 heterocycles. The van der Waals surface area contributed by atoms with Crippen molar-refractivity contribution in [3.8, 4) is 11.8 Å². The minimum absolute atomic E-state index is 0.262. The lowest BCUT2D eigenvalue weighted by Crippen LogP contribution is -2.02. The molecule has 20 heavy (non-hydrogen) atoms. The first-order valence-corrected chi connectivity index (χ1v) is 6.28. The minimum atomic E-state index is -0.405. The van der Waals surface area contributed by atoms with Gasteiger partial charge in [-0.05, 0) is 29.8 Å². The summed E-state index contributed by atoms with van der Waals surface area (Å²) in [6, 6.07) is 11.7. The number of methoxy groups -OCH3 is 1. The SMILES string of the molecule is COc1cc(CNc2c(F)cccc2Cl)ccc1C#N. The highest BCUT2D eigenvalue weighted by molar-refractivity contribution is 6.33. The second kappa shape index (κ2) is 6.27. The number of nitriles is 1. The first kappa shape index (κ1) is 14.2. The molecule has 0 radical (unpaired) electrons. The fourth-order valence-electron chi connectivity index (χ4n) is 1.80. The minimum Gasteiger partial charge on any atom is -0.495 e. The van der Waals surface area contributed by atoms with Gasteiger partial charge in [0.2, 0.25) is 0 Å². The fraction of sp³-hybridized carbons (Fsp3) is 0.133. The van der Waals surface area contributed by atoms with E-state index in [9.17, 15) is 4.39 Å². The van der Waals surface area contributed by atoms with E-state index in [1.54, 1.807) is 30.3 Å². The average Bonchev–Trinajstić information content (AvgIpc) is 2.46. The Morgan fingerprint density at radius 2 is 2.15 bits per heavy atom. The van der Waals surface area contributed by atoms with Gasteiger partial charge in [-0.3, -0.25) is 0 Å². The number of hydrogen-bond donors (Lipinski definition) is 1. The zero-order valence-electron chi connectivity index (χ0n) is 10.8. The van der Waals surface area contributed by atoms with E-state index in [0.29, 0.717) is 22.9 Å². The maximum atomic E-state index is 13.6. The lowest BCUT2D eigenvalue weighted by Gasteiger charge is -2.11. The molecule has 0 amide bonds. The Hall–Kier alpha value is -2.25. The number of nitrogens with zero attached hydrogens (tertiary/aromatic N) is 1. The second-order valence-electron chi connectivity index (χ2n) is 4.10. The van der Waals surface area contributed by atoms with Crippen molar-refractivity contribution in [2.45, 2.75) is 6.54 Å². The van der Waals surface area contributed by atoms with Crippen LogP contribution in [0.15, 0.2) is 36.4 Å². The van der Waals surface area contributed by atoms with Crippen molar-refractivity contribution in [2.75, 3.05) is 12.4 Å². The molecule has 0 bridgehead atoms. The van der Waals surface area contributed by atoms with Gasteiger partial charge in [-0.2, -0.15) is 5.26 Å². The lowest BCUT2D eigenvalue weighted by molar-refractivity contribution is 0.413. The van der Waals surface area contributed by atoms with E-state index >= 15 is 0 Å². The molecule has 2 rings (SSSR count). The van der Waals surface area contributed by atoms with Gasteiger partial charge >= 0.3 is 0 Å². The number of para-hydroxylation sites is 1. The van der Waals surface area contributed by atoms with E-state index in [2.05, 4.69) is 5.32 Å². The molecule has 1 N–H and O–H groups in total. The molecule has 2 aromatic carbocycles. The largest absolute Gasteiger partial charge is 0.495 e. The summed E-state index contributed by atoms with van der Waals surface area (Å²) >= 11 is 5.93. The Morgan fingerprint density at radius 1 is 1.35 bits per heavy atom. The van der Waals surface area contributed by atoms with E-state index in [1.807, 2.05) is 6.07 Å². The summed E-state index contributed by atoms with van der Waals surface area (Å²) in [7, 11) is 1.50. The predicted octanol–water partition coefficient (Wildman–Crippen LogP) is 3.97. The molecule has 0 saturated heterocycles. The number of ether oxygens (including phenoxy) is 1. The van der Waals surface area contributed by atoms with Crippen LogP contribution in [0, 0.1) is 17.1 Å². The van der Waals surface area contributed by atoms with E-state index in [-0.39, 0.29) is 5.69 Å². The third-order valence-corrected chi connectivity index (χ3v) is 3.13. The highest BCUT2D eigenvalue weighted by Crippen LogP contribution is 2.26. The van der Waals surface area contributed by atoms with Crippen LogP contribution in [-0.4, -0.2) is 7.11 Å². The number of anilines is 1. The van der Waals surface area contributed by atoms with Gasteiger partial charge in [-0.15, -0.1) is 0 Å². The summed E-state index contributed by atoms with van der Waals surface area (Å²) in [4.78, 5) is 0. The molecular weight excluding hydrogens is 279 g/mol. The van der Waals surface area contributed by atoms with Gasteiger partial charge in [0.05, 0.1) is 23.4 Å². The Bertz CT molecular complexity index is 647. The molecular formula is C15H12ClFN2O. The molecule has 0 spiro atoms. The van der Waals surface area contributed by atoms with E-state index in [0.717, 1.165) is 5.56 Å². The number of rotatable bonds is 4. The zero-order chi connectivity index (χ0) is 14.5. The molecule has 0 aliphatic carbocycles. The lowest BCUT2D eigenvalue weighted by atomic mass is 10.1. The van der Waals surface area contributed by atoms with Gasteiger partial charge in [0.15, 0.2) is 0 Å². The average molecular weight is 291 g/mol. The van der Waals surface area contributed by atoms with Gasteiger partial charge in [0.25, 0.3) is 0 Å². The molecule has 0 atom stereocenters. The predicted molar refractivity (Wildman–Crippen MR) is 76.4 cm³/mol. The summed E-state index contributed by atoms with van der Waals surface area (Å²) in [5.41, 5.74) is 1.58. The summed E-state index contributed by atoms with van der Waals surface area (Å²) in [5, 5.41) is 12.2. The van der Waals surface area contributed by atoms with Crippen molar-refractivity contribution in [1.82, 2.24) is 0 Å². The van der Waals surface area contributed by atoms with Gasteiger partial charge in [0.1, 0.15) is 17.6 Å². The molecule has 0 saturated carbocycles. The number of halogens is 2. The van der Waals surface area contributed by atoms with Crippen molar-refractivity contribution in [3.63, 3.8) is 0 Å². The summed E-state index contributed by atoms with van der Waals surface area (Å²) in [6.07, 6.45) is 0. The van der Waals surface area contributed by atoms with Crippen LogP contribution in [0.5, 0.6) is 5.75 Å². The molecule has 0 aliphatic heterocycles. The summed E-state index contributed by atoms with van der Waals surface area (Å²) in [5.74, 6) is 0.0875. The van der Waals surface area contributed by atoms with Crippen LogP contribution in [0.2, 0.25) is 5.02 Å². The fourth-order valence-corrected chi connectivity index (χ4v) is 2.02. The number of nitrogens with one attached hydrogen (secondary N) is 1. The molecule has 0 aromatic heterocycles. The van der Waals surface area contributed by atoms with Crippen LogP contribution in [0.4, 0.5) is 10.1 Å². The van der Waals surface area contributed by atoms with Gasteiger partial charge in [0, 0.05) is 6.54 Å². The first-order valence-electron chi connectivity index (χ1n) is 5.90. The molecule has 0 aliphatic rings. The van der Waals surface area contributed by atoms with E-state index in [4.69, 9.17) is 21.6 Å². The van der Waals surface area contributed by atoms with Gasteiger partial charge < -0.3 is 10.1 Å². The van der Waals surface area contributed by atoms with Crippen LogP contribution in [0.3, 0.4) is 0 Å². The molecule has 3 nitrogen and oxygen atoms in total. The Morgan fingerprint density at radius 3 is 2.80 bits per heavy atom. The van der Waals surface area contributed by atoms with Crippen molar-refractivity contribution in [3.05, 3.63) is 58.4 Å². The number of benzene rings is 2. The van der Waals surface area contributed by atoms with Crippen molar-refractivity contribution < 1.29 is 9.13 Å². The van der Waals surface area contributed by atoms with Crippen LogP contribution < -0.4 is 10.1 Å². The molecule has 2 aromatic rings.